The van der Waals surface area contributed by atoms with Gasteiger partial charge in [-0.05, 0) is 66.6 Å². The van der Waals surface area contributed by atoms with Crippen LogP contribution in [-0.4, -0.2) is 33.8 Å². The second kappa shape index (κ2) is 10.8. The lowest BCUT2D eigenvalue weighted by Gasteiger charge is -2.12. The van der Waals surface area contributed by atoms with E-state index in [1.807, 2.05) is 85.9 Å². The lowest BCUT2D eigenvalue weighted by Crippen LogP contribution is -2.30. The molecule has 0 spiro atoms. The Morgan fingerprint density at radius 1 is 0.972 bits per heavy atom. The fourth-order valence-corrected chi connectivity index (χ4v) is 5.51. The molecule has 5 rings (SSSR count). The van der Waals surface area contributed by atoms with Gasteiger partial charge in [-0.3, -0.25) is 14.5 Å². The molecule has 182 valence electrons. The smallest absolute Gasteiger partial charge is 0.293 e. The second-order valence-corrected chi connectivity index (χ2v) is 10.5. The van der Waals surface area contributed by atoms with Crippen molar-refractivity contribution in [3.63, 3.8) is 0 Å². The summed E-state index contributed by atoms with van der Waals surface area (Å²) in [7, 11) is 0. The van der Waals surface area contributed by atoms with Crippen LogP contribution in [0.2, 0.25) is 0 Å². The highest BCUT2D eigenvalue weighted by atomic mass is 79.9. The monoisotopic (exact) mass is 560 g/mol. The molecule has 1 fully saturated rings. The van der Waals surface area contributed by atoms with Crippen LogP contribution in [0, 0.1) is 6.92 Å². The number of carbonyl (C=O) groups excluding carboxylic acids is 2. The average molecular weight is 562 g/mol. The number of fused-ring (bicyclic) bond motifs is 1. The summed E-state index contributed by atoms with van der Waals surface area (Å²) < 4.78 is 9.09. The first kappa shape index (κ1) is 24.4. The number of nitrogens with zero attached hydrogens (tertiary/aromatic N) is 2. The molecule has 0 aliphatic carbocycles. The predicted molar refractivity (Wildman–Crippen MR) is 149 cm³/mol. The molecule has 2 amide bonds. The Hall–Kier alpha value is -3.29. The molecule has 0 radical (unpaired) electrons. The van der Waals surface area contributed by atoms with Gasteiger partial charge in [-0.1, -0.05) is 64.5 Å². The maximum Gasteiger partial charge on any atom is 0.293 e. The van der Waals surface area contributed by atoms with E-state index in [-0.39, 0.29) is 11.1 Å². The number of carbonyl (C=O) groups is 2. The van der Waals surface area contributed by atoms with Gasteiger partial charge < -0.3 is 9.30 Å². The van der Waals surface area contributed by atoms with Crippen molar-refractivity contribution in [1.29, 1.82) is 0 Å². The van der Waals surface area contributed by atoms with Crippen LogP contribution in [0.5, 0.6) is 5.75 Å². The number of benzene rings is 3. The zero-order valence-electron chi connectivity index (χ0n) is 19.8. The molecule has 0 saturated carbocycles. The zero-order valence-corrected chi connectivity index (χ0v) is 22.2. The number of aryl methyl sites for hydroxylation is 1. The number of hydrogen-bond acceptors (Lipinski definition) is 4. The van der Waals surface area contributed by atoms with Crippen LogP contribution in [0.1, 0.15) is 16.7 Å². The van der Waals surface area contributed by atoms with Gasteiger partial charge in [0.25, 0.3) is 11.1 Å². The number of halogens is 1. The number of rotatable bonds is 8. The minimum absolute atomic E-state index is 0.223. The SMILES string of the molecule is Cc1ccccc1OCCn1cc(/C=C2\SC(=O)N(CCc3ccccc3)C2=O)c2cc(Br)ccc21. The molecule has 4 aromatic rings. The number of amides is 2. The van der Waals surface area contributed by atoms with Crippen molar-refractivity contribution < 1.29 is 14.3 Å². The van der Waals surface area contributed by atoms with E-state index in [1.165, 1.54) is 4.90 Å². The molecular weight excluding hydrogens is 536 g/mol. The van der Waals surface area contributed by atoms with Gasteiger partial charge in [0, 0.05) is 33.7 Å². The number of para-hydroxylation sites is 1. The van der Waals surface area contributed by atoms with Crippen molar-refractivity contribution in [3.8, 4) is 5.75 Å². The summed E-state index contributed by atoms with van der Waals surface area (Å²) in [4.78, 5) is 27.5. The predicted octanol–water partition coefficient (Wildman–Crippen LogP) is 7.07. The Morgan fingerprint density at radius 3 is 2.56 bits per heavy atom. The Labute approximate surface area is 222 Å². The van der Waals surface area contributed by atoms with E-state index in [0.29, 0.717) is 31.0 Å². The van der Waals surface area contributed by atoms with Gasteiger partial charge in [0.05, 0.1) is 11.4 Å². The van der Waals surface area contributed by atoms with Gasteiger partial charge in [-0.25, -0.2) is 0 Å². The first-order valence-corrected chi connectivity index (χ1v) is 13.4. The Morgan fingerprint density at radius 2 is 1.75 bits per heavy atom. The fourth-order valence-electron chi connectivity index (χ4n) is 4.29. The van der Waals surface area contributed by atoms with E-state index >= 15 is 0 Å². The highest BCUT2D eigenvalue weighted by Gasteiger charge is 2.34. The topological polar surface area (TPSA) is 51.5 Å². The van der Waals surface area contributed by atoms with Crippen LogP contribution in [0.25, 0.3) is 17.0 Å². The summed E-state index contributed by atoms with van der Waals surface area (Å²) in [5.74, 6) is 0.640. The van der Waals surface area contributed by atoms with E-state index in [1.54, 1.807) is 0 Å². The molecule has 36 heavy (non-hydrogen) atoms. The Bertz CT molecular complexity index is 1460. The fraction of sp³-hybridized carbons (Fsp3) is 0.172. The third-order valence-corrected chi connectivity index (χ3v) is 7.59. The summed E-state index contributed by atoms with van der Waals surface area (Å²) in [5, 5.41) is 0.787. The molecule has 3 aromatic carbocycles. The highest BCUT2D eigenvalue weighted by Crippen LogP contribution is 2.35. The van der Waals surface area contributed by atoms with Crippen LogP contribution in [0.15, 0.2) is 88.4 Å². The van der Waals surface area contributed by atoms with Gasteiger partial charge in [0.1, 0.15) is 12.4 Å². The molecule has 0 atom stereocenters. The van der Waals surface area contributed by atoms with Crippen LogP contribution in [0.4, 0.5) is 4.79 Å². The number of thioether (sulfide) groups is 1. The summed E-state index contributed by atoms with van der Waals surface area (Å²) >= 11 is 4.57. The Kier molecular flexibility index (Phi) is 7.30. The number of aromatic nitrogens is 1. The van der Waals surface area contributed by atoms with Crippen molar-refractivity contribution in [2.75, 3.05) is 13.2 Å². The van der Waals surface area contributed by atoms with Gasteiger partial charge in [-0.2, -0.15) is 0 Å². The second-order valence-electron chi connectivity index (χ2n) is 8.62. The Balaban J connectivity index is 1.36. The third-order valence-electron chi connectivity index (χ3n) is 6.18. The van der Waals surface area contributed by atoms with Gasteiger partial charge >= 0.3 is 0 Å². The molecule has 7 heteroatoms. The molecule has 0 unspecified atom stereocenters. The molecule has 2 heterocycles. The van der Waals surface area contributed by atoms with Crippen LogP contribution in [0.3, 0.4) is 0 Å². The van der Waals surface area contributed by atoms with E-state index in [9.17, 15) is 9.59 Å². The first-order chi connectivity index (χ1) is 17.5. The molecule has 1 aliphatic rings. The summed E-state index contributed by atoms with van der Waals surface area (Å²) in [6.07, 6.45) is 4.50. The summed E-state index contributed by atoms with van der Waals surface area (Å²) in [5.41, 5.74) is 4.14. The van der Waals surface area contributed by atoms with Gasteiger partial charge in [-0.15, -0.1) is 0 Å². The van der Waals surface area contributed by atoms with Crippen molar-refractivity contribution in [3.05, 3.63) is 105 Å². The first-order valence-electron chi connectivity index (χ1n) is 11.8. The normalized spacial score (nSPS) is 14.8. The van der Waals surface area contributed by atoms with Crippen LogP contribution < -0.4 is 4.74 Å². The summed E-state index contributed by atoms with van der Waals surface area (Å²) in [6, 6.07) is 23.9. The maximum atomic E-state index is 13.1. The van der Waals surface area contributed by atoms with E-state index in [4.69, 9.17) is 4.74 Å². The van der Waals surface area contributed by atoms with Crippen LogP contribution in [-0.2, 0) is 17.8 Å². The molecule has 0 bridgehead atoms. The van der Waals surface area contributed by atoms with Crippen molar-refractivity contribution in [1.82, 2.24) is 9.47 Å². The highest BCUT2D eigenvalue weighted by molar-refractivity contribution is 9.10. The molecule has 1 aliphatic heterocycles. The van der Waals surface area contributed by atoms with Crippen molar-refractivity contribution in [2.45, 2.75) is 19.9 Å². The van der Waals surface area contributed by atoms with E-state index < -0.39 is 0 Å². The maximum absolute atomic E-state index is 13.1. The van der Waals surface area contributed by atoms with Crippen LogP contribution >= 0.6 is 27.7 Å². The van der Waals surface area contributed by atoms with Gasteiger partial charge in [0.15, 0.2) is 0 Å². The van der Waals surface area contributed by atoms with Gasteiger partial charge in [0.2, 0.25) is 0 Å². The largest absolute Gasteiger partial charge is 0.491 e. The summed E-state index contributed by atoms with van der Waals surface area (Å²) in [6.45, 7) is 3.57. The molecule has 1 saturated heterocycles. The third kappa shape index (κ3) is 5.27. The van der Waals surface area contributed by atoms with E-state index in [0.717, 1.165) is 49.6 Å². The van der Waals surface area contributed by atoms with Crippen molar-refractivity contribution in [2.24, 2.45) is 0 Å². The molecule has 0 N–H and O–H groups in total. The quantitative estimate of drug-likeness (QED) is 0.216. The molecule has 5 nitrogen and oxygen atoms in total. The number of hydrogen-bond donors (Lipinski definition) is 0. The lowest BCUT2D eigenvalue weighted by atomic mass is 10.1. The average Bonchev–Trinajstić information content (AvgIpc) is 3.35. The number of ether oxygens (including phenoxy) is 1. The minimum atomic E-state index is -0.236. The number of imide groups is 1. The standard InChI is InChI=1S/C29H25BrN2O3S/c1-20-7-5-6-10-26(20)35-16-15-31-19-22(24-18-23(30)11-12-25(24)31)17-27-28(33)32(29(34)36-27)14-13-21-8-3-2-4-9-21/h2-12,17-19H,13-16H2,1H3/b27-17-. The minimum Gasteiger partial charge on any atom is -0.491 e. The molecule has 1 aromatic heterocycles. The van der Waals surface area contributed by atoms with E-state index in [2.05, 4.69) is 26.6 Å². The lowest BCUT2D eigenvalue weighted by molar-refractivity contribution is -0.122. The zero-order chi connectivity index (χ0) is 25.1. The van der Waals surface area contributed by atoms with Crippen molar-refractivity contribution >= 4 is 55.8 Å². The molecular formula is C29H25BrN2O3S.